The fourth-order valence-corrected chi connectivity index (χ4v) is 1.84. The van der Waals surface area contributed by atoms with Gasteiger partial charge in [-0.1, -0.05) is 11.6 Å². The minimum Gasteiger partial charge on any atom is -0.350 e. The second-order valence-electron chi connectivity index (χ2n) is 3.92. The number of hydrogen-bond acceptors (Lipinski definition) is 4. The first-order valence-corrected chi connectivity index (χ1v) is 5.93. The number of hydrogen-bond donors (Lipinski definition) is 1. The predicted octanol–water partition coefficient (Wildman–Crippen LogP) is 1.70. The molecule has 0 bridgehead atoms. The van der Waals surface area contributed by atoms with Crippen LogP contribution >= 0.6 is 11.6 Å². The summed E-state index contributed by atoms with van der Waals surface area (Å²) in [7, 11) is 1.83. The van der Waals surface area contributed by atoms with Crippen LogP contribution < -0.4 is 10.9 Å². The smallest absolute Gasteiger partial charge is 0.287 e. The van der Waals surface area contributed by atoms with Gasteiger partial charge in [0, 0.05) is 19.8 Å². The predicted molar refractivity (Wildman–Crippen MR) is 70.4 cm³/mol. The highest BCUT2D eigenvalue weighted by molar-refractivity contribution is 6.33. The van der Waals surface area contributed by atoms with Gasteiger partial charge in [0.05, 0.1) is 23.3 Å². The second-order valence-corrected chi connectivity index (χ2v) is 4.30. The van der Waals surface area contributed by atoms with Gasteiger partial charge in [-0.05, 0) is 13.8 Å². The quantitative estimate of drug-likeness (QED) is 0.919. The van der Waals surface area contributed by atoms with Gasteiger partial charge in [0.15, 0.2) is 0 Å². The van der Waals surface area contributed by atoms with Crippen molar-refractivity contribution in [3.63, 3.8) is 0 Å². The summed E-state index contributed by atoms with van der Waals surface area (Å²) in [5, 5.41) is 11.4. The summed E-state index contributed by atoms with van der Waals surface area (Å²) in [6.45, 7) is 4.20. The highest BCUT2D eigenvalue weighted by atomic mass is 35.5. The lowest BCUT2D eigenvalue weighted by Gasteiger charge is -2.08. The minimum absolute atomic E-state index is 0.134. The monoisotopic (exact) mass is 267 g/mol. The van der Waals surface area contributed by atoms with Gasteiger partial charge in [-0.3, -0.25) is 9.48 Å². The van der Waals surface area contributed by atoms with Gasteiger partial charge < -0.3 is 5.32 Å². The van der Waals surface area contributed by atoms with Crippen LogP contribution in [0.1, 0.15) is 12.6 Å². The number of rotatable bonds is 3. The van der Waals surface area contributed by atoms with Crippen molar-refractivity contribution in [3.05, 3.63) is 33.5 Å². The zero-order valence-electron chi connectivity index (χ0n) is 10.4. The zero-order chi connectivity index (χ0) is 13.3. The Morgan fingerprint density at radius 1 is 1.44 bits per heavy atom. The van der Waals surface area contributed by atoms with E-state index in [-0.39, 0.29) is 10.6 Å². The molecule has 0 saturated carbocycles. The van der Waals surface area contributed by atoms with Crippen LogP contribution in [0, 0.1) is 6.92 Å². The maximum Gasteiger partial charge on any atom is 0.287 e. The molecule has 0 aliphatic carbocycles. The molecule has 0 unspecified atom stereocenters. The van der Waals surface area contributed by atoms with Crippen LogP contribution in [-0.4, -0.2) is 19.6 Å². The molecule has 0 aliphatic heterocycles. The highest BCUT2D eigenvalue weighted by Gasteiger charge is 2.10. The molecule has 0 saturated heterocycles. The van der Waals surface area contributed by atoms with Crippen LogP contribution in [0.15, 0.2) is 17.2 Å². The topological polar surface area (TPSA) is 64.7 Å². The molecule has 1 N–H and O–H groups in total. The summed E-state index contributed by atoms with van der Waals surface area (Å²) in [5.74, 6) is 0. The Balaban J connectivity index is 2.39. The molecule has 7 heteroatoms. The van der Waals surface area contributed by atoms with E-state index in [9.17, 15) is 4.79 Å². The molecule has 0 spiro atoms. The Morgan fingerprint density at radius 2 is 2.17 bits per heavy atom. The summed E-state index contributed by atoms with van der Waals surface area (Å²) in [4.78, 5) is 11.8. The average molecular weight is 268 g/mol. The molecule has 0 radical (unpaired) electrons. The summed E-state index contributed by atoms with van der Waals surface area (Å²) >= 11 is 6.02. The lowest BCUT2D eigenvalue weighted by atomic mass is 10.3. The molecule has 2 aromatic heterocycles. The van der Waals surface area contributed by atoms with Crippen LogP contribution in [0.3, 0.4) is 0 Å². The van der Waals surface area contributed by atoms with Gasteiger partial charge in [-0.25, -0.2) is 4.68 Å². The minimum atomic E-state index is -0.300. The van der Waals surface area contributed by atoms with Gasteiger partial charge in [0.2, 0.25) is 0 Å². The summed E-state index contributed by atoms with van der Waals surface area (Å²) < 4.78 is 3.00. The molecular formula is C11H14ClN5O. The lowest BCUT2D eigenvalue weighted by molar-refractivity contribution is 0.616. The van der Waals surface area contributed by atoms with E-state index in [2.05, 4.69) is 15.5 Å². The molecule has 0 atom stereocenters. The fourth-order valence-electron chi connectivity index (χ4n) is 1.64. The fraction of sp³-hybridized carbons (Fsp3) is 0.364. The molecule has 0 aromatic carbocycles. The van der Waals surface area contributed by atoms with E-state index >= 15 is 0 Å². The van der Waals surface area contributed by atoms with E-state index in [4.69, 9.17) is 11.6 Å². The third kappa shape index (κ3) is 2.24. The Hall–Kier alpha value is -1.82. The largest absolute Gasteiger partial charge is 0.350 e. The van der Waals surface area contributed by atoms with Gasteiger partial charge >= 0.3 is 0 Å². The van der Waals surface area contributed by atoms with Crippen LogP contribution in [0.4, 0.5) is 11.4 Å². The van der Waals surface area contributed by atoms with Crippen molar-refractivity contribution in [2.24, 2.45) is 7.05 Å². The van der Waals surface area contributed by atoms with E-state index in [1.165, 1.54) is 4.68 Å². The van der Waals surface area contributed by atoms with Crippen molar-refractivity contribution < 1.29 is 0 Å². The number of aromatic nitrogens is 4. The Morgan fingerprint density at radius 3 is 2.72 bits per heavy atom. The summed E-state index contributed by atoms with van der Waals surface area (Å²) in [6.07, 6.45) is 3.36. The van der Waals surface area contributed by atoms with Crippen molar-refractivity contribution in [3.8, 4) is 0 Å². The zero-order valence-corrected chi connectivity index (χ0v) is 11.2. The maximum atomic E-state index is 11.8. The van der Waals surface area contributed by atoms with Gasteiger partial charge in [0.1, 0.15) is 5.02 Å². The van der Waals surface area contributed by atoms with Crippen molar-refractivity contribution in [1.29, 1.82) is 0 Å². The van der Waals surface area contributed by atoms with Gasteiger partial charge in [0.25, 0.3) is 5.56 Å². The van der Waals surface area contributed by atoms with E-state index in [0.29, 0.717) is 12.2 Å². The number of aryl methyl sites for hydroxylation is 3. The second kappa shape index (κ2) is 4.81. The molecule has 2 aromatic rings. The summed E-state index contributed by atoms with van der Waals surface area (Å²) in [6, 6.07) is 0. The molecule has 0 amide bonds. The molecule has 0 aliphatic rings. The number of nitrogens with one attached hydrogen (secondary N) is 1. The molecular weight excluding hydrogens is 254 g/mol. The van der Waals surface area contributed by atoms with Crippen molar-refractivity contribution in [2.75, 3.05) is 5.32 Å². The first-order valence-electron chi connectivity index (χ1n) is 5.55. The van der Waals surface area contributed by atoms with Crippen LogP contribution in [-0.2, 0) is 13.6 Å². The SMILES string of the molecule is CCn1ncc(Nc2cn(C)nc2C)c(Cl)c1=O. The van der Waals surface area contributed by atoms with E-state index in [1.54, 1.807) is 10.9 Å². The highest BCUT2D eigenvalue weighted by Crippen LogP contribution is 2.22. The first kappa shape index (κ1) is 12.6. The lowest BCUT2D eigenvalue weighted by Crippen LogP contribution is -2.22. The molecule has 6 nitrogen and oxygen atoms in total. The standard InChI is InChI=1S/C11H14ClN5O/c1-4-17-11(18)10(12)8(5-13-17)14-9-6-16(3)15-7(9)2/h5-6,14H,4H2,1-3H3. The van der Waals surface area contributed by atoms with E-state index in [1.807, 2.05) is 27.1 Å². The molecule has 96 valence electrons. The Bertz CT molecular complexity index is 631. The Labute approximate surface area is 109 Å². The molecule has 2 heterocycles. The van der Waals surface area contributed by atoms with E-state index < -0.39 is 0 Å². The van der Waals surface area contributed by atoms with Crippen LogP contribution in [0.25, 0.3) is 0 Å². The van der Waals surface area contributed by atoms with Crippen molar-refractivity contribution in [2.45, 2.75) is 20.4 Å². The number of nitrogens with zero attached hydrogens (tertiary/aromatic N) is 4. The third-order valence-electron chi connectivity index (χ3n) is 2.57. The maximum absolute atomic E-state index is 11.8. The number of anilines is 2. The normalized spacial score (nSPS) is 10.7. The first-order chi connectivity index (χ1) is 8.52. The van der Waals surface area contributed by atoms with Crippen LogP contribution in [0.2, 0.25) is 5.02 Å². The third-order valence-corrected chi connectivity index (χ3v) is 2.93. The van der Waals surface area contributed by atoms with Gasteiger partial charge in [-0.2, -0.15) is 10.2 Å². The van der Waals surface area contributed by atoms with Crippen LogP contribution in [0.5, 0.6) is 0 Å². The average Bonchev–Trinajstić information content (AvgIpc) is 2.64. The van der Waals surface area contributed by atoms with E-state index in [0.717, 1.165) is 11.4 Å². The molecule has 0 fully saturated rings. The summed E-state index contributed by atoms with van der Waals surface area (Å²) in [5.41, 5.74) is 1.82. The number of halogens is 1. The van der Waals surface area contributed by atoms with Gasteiger partial charge in [-0.15, -0.1) is 0 Å². The molecule has 2 rings (SSSR count). The van der Waals surface area contributed by atoms with Crippen molar-refractivity contribution >= 4 is 23.0 Å². The molecule has 18 heavy (non-hydrogen) atoms. The Kier molecular flexibility index (Phi) is 3.38. The van der Waals surface area contributed by atoms with Crippen molar-refractivity contribution in [1.82, 2.24) is 19.6 Å².